The molecular weight excluding hydrogens is 484 g/mol. The summed E-state index contributed by atoms with van der Waals surface area (Å²) in [6, 6.07) is 23.4. The van der Waals surface area contributed by atoms with E-state index in [-0.39, 0.29) is 30.0 Å². The van der Waals surface area contributed by atoms with Gasteiger partial charge in [0.1, 0.15) is 5.75 Å². The average Bonchev–Trinajstić information content (AvgIpc) is 2.89. The molecule has 0 saturated heterocycles. The third kappa shape index (κ3) is 7.59. The lowest BCUT2D eigenvalue weighted by Crippen LogP contribution is -2.38. The van der Waals surface area contributed by atoms with Crippen LogP contribution in [0.4, 0.5) is 5.69 Å². The number of nitrogens with one attached hydrogen (secondary N) is 1. The van der Waals surface area contributed by atoms with E-state index < -0.39 is 10.0 Å². The summed E-state index contributed by atoms with van der Waals surface area (Å²) in [7, 11) is -3.80. The highest BCUT2D eigenvalue weighted by Gasteiger charge is 2.25. The Balaban J connectivity index is 1.45. The number of rotatable bonds is 9. The van der Waals surface area contributed by atoms with Crippen LogP contribution in [0.25, 0.3) is 0 Å². The number of carbonyl (C=O) groups is 1. The number of sulfonamides is 1. The van der Waals surface area contributed by atoms with E-state index in [0.29, 0.717) is 11.4 Å². The molecule has 1 aliphatic carbocycles. The molecule has 3 aromatic rings. The van der Waals surface area contributed by atoms with Crippen molar-refractivity contribution in [1.29, 1.82) is 0 Å². The second-order valence-corrected chi connectivity index (χ2v) is 11.6. The van der Waals surface area contributed by atoms with Crippen LogP contribution in [0, 0.1) is 6.92 Å². The molecule has 0 aromatic heterocycles. The Kier molecular flexibility index (Phi) is 9.23. The maximum Gasteiger partial charge on any atom is 0.264 e. The van der Waals surface area contributed by atoms with Crippen molar-refractivity contribution in [2.45, 2.75) is 69.4 Å². The molecule has 0 bridgehead atoms. The fraction of sp³-hybridized carbons (Fsp3) is 0.367. The summed E-state index contributed by atoms with van der Waals surface area (Å²) < 4.78 is 34.4. The molecule has 0 radical (unpaired) electrons. The van der Waals surface area contributed by atoms with Gasteiger partial charge in [-0.25, -0.2) is 8.42 Å². The highest BCUT2D eigenvalue weighted by atomic mass is 32.2. The Bertz CT molecular complexity index is 1240. The third-order valence-electron chi connectivity index (χ3n) is 6.74. The highest BCUT2D eigenvalue weighted by molar-refractivity contribution is 7.92. The van der Waals surface area contributed by atoms with Gasteiger partial charge in [-0.1, -0.05) is 80.1 Å². The molecule has 196 valence electrons. The number of benzene rings is 3. The first kappa shape index (κ1) is 26.7. The Morgan fingerprint density at radius 1 is 0.865 bits per heavy atom. The van der Waals surface area contributed by atoms with Crippen molar-refractivity contribution >= 4 is 21.6 Å². The first-order valence-corrected chi connectivity index (χ1v) is 14.5. The van der Waals surface area contributed by atoms with E-state index in [9.17, 15) is 13.2 Å². The van der Waals surface area contributed by atoms with Crippen molar-refractivity contribution in [3.05, 3.63) is 90.0 Å². The van der Waals surface area contributed by atoms with Gasteiger partial charge in [0.05, 0.1) is 17.1 Å². The van der Waals surface area contributed by atoms with Crippen LogP contribution in [0.1, 0.15) is 56.1 Å². The Labute approximate surface area is 220 Å². The lowest BCUT2D eigenvalue weighted by atomic mass is 9.97. The molecule has 1 saturated carbocycles. The van der Waals surface area contributed by atoms with Gasteiger partial charge in [0.25, 0.3) is 15.9 Å². The van der Waals surface area contributed by atoms with Crippen LogP contribution in [0.2, 0.25) is 0 Å². The fourth-order valence-corrected chi connectivity index (χ4v) is 6.08. The van der Waals surface area contributed by atoms with Crippen LogP contribution in [0.5, 0.6) is 5.75 Å². The summed E-state index contributed by atoms with van der Waals surface area (Å²) in [5.74, 6) is 0.395. The van der Waals surface area contributed by atoms with E-state index in [1.54, 1.807) is 48.5 Å². The van der Waals surface area contributed by atoms with Crippen LogP contribution in [-0.2, 0) is 21.4 Å². The smallest absolute Gasteiger partial charge is 0.264 e. The zero-order valence-corrected chi connectivity index (χ0v) is 22.3. The highest BCUT2D eigenvalue weighted by Crippen LogP contribution is 2.28. The second kappa shape index (κ2) is 12.8. The molecule has 4 rings (SSSR count). The van der Waals surface area contributed by atoms with Gasteiger partial charge in [-0.3, -0.25) is 9.10 Å². The molecule has 7 heteroatoms. The molecule has 37 heavy (non-hydrogen) atoms. The first-order chi connectivity index (χ1) is 17.9. The molecule has 6 nitrogen and oxygen atoms in total. The predicted molar refractivity (Wildman–Crippen MR) is 147 cm³/mol. The summed E-state index contributed by atoms with van der Waals surface area (Å²) in [5, 5.41) is 3.10. The van der Waals surface area contributed by atoms with E-state index in [2.05, 4.69) is 5.32 Å². The minimum atomic E-state index is -3.80. The van der Waals surface area contributed by atoms with Gasteiger partial charge < -0.3 is 10.1 Å². The molecule has 0 heterocycles. The van der Waals surface area contributed by atoms with Gasteiger partial charge in [0.2, 0.25) is 0 Å². The number of carbonyl (C=O) groups excluding carboxylic acids is 1. The lowest BCUT2D eigenvalue weighted by molar-refractivity contribution is -0.123. The zero-order chi connectivity index (χ0) is 26.1. The van der Waals surface area contributed by atoms with Crippen molar-refractivity contribution in [3.63, 3.8) is 0 Å². The number of hydrogen-bond acceptors (Lipinski definition) is 4. The van der Waals surface area contributed by atoms with Gasteiger partial charge in [-0.2, -0.15) is 0 Å². The van der Waals surface area contributed by atoms with Gasteiger partial charge in [-0.15, -0.1) is 0 Å². The standard InChI is InChI=1S/C30H36N2O4S/c1-24-14-20-29(21-15-24)37(34,35)32(22-25-10-6-5-7-11-25)27-16-18-28(19-17-27)36-23-30(33)31-26-12-8-3-2-4-9-13-26/h5-7,10-11,14-21,26H,2-4,8-9,12-13,22-23H2,1H3,(H,31,33). The first-order valence-electron chi connectivity index (χ1n) is 13.1. The van der Waals surface area contributed by atoms with Crippen molar-refractivity contribution < 1.29 is 17.9 Å². The summed E-state index contributed by atoms with van der Waals surface area (Å²) in [6.45, 7) is 2.06. The molecule has 1 N–H and O–H groups in total. The number of ether oxygens (including phenoxy) is 1. The Hall–Kier alpha value is -3.32. The molecule has 0 unspecified atom stereocenters. The predicted octanol–water partition coefficient (Wildman–Crippen LogP) is 6.00. The number of aryl methyl sites for hydroxylation is 1. The number of hydrogen-bond donors (Lipinski definition) is 1. The maximum absolute atomic E-state index is 13.6. The van der Waals surface area contributed by atoms with E-state index in [1.807, 2.05) is 37.3 Å². The summed E-state index contributed by atoms with van der Waals surface area (Å²) in [5.41, 5.74) is 2.40. The van der Waals surface area contributed by atoms with Crippen LogP contribution >= 0.6 is 0 Å². The van der Waals surface area contributed by atoms with Crippen LogP contribution in [0.3, 0.4) is 0 Å². The van der Waals surface area contributed by atoms with Crippen molar-refractivity contribution in [1.82, 2.24) is 5.32 Å². The average molecular weight is 521 g/mol. The second-order valence-electron chi connectivity index (χ2n) is 9.70. The largest absolute Gasteiger partial charge is 0.484 e. The van der Waals surface area contributed by atoms with Crippen LogP contribution < -0.4 is 14.4 Å². The molecule has 0 atom stereocenters. The molecule has 1 aliphatic rings. The molecular formula is C30H36N2O4S. The van der Waals surface area contributed by atoms with Crippen molar-refractivity contribution in [3.8, 4) is 5.75 Å². The Morgan fingerprint density at radius 3 is 2.14 bits per heavy atom. The minimum Gasteiger partial charge on any atom is -0.484 e. The number of anilines is 1. The molecule has 0 aliphatic heterocycles. The maximum atomic E-state index is 13.6. The molecule has 1 fully saturated rings. The van der Waals surface area contributed by atoms with E-state index in [4.69, 9.17) is 4.74 Å². The van der Waals surface area contributed by atoms with Crippen LogP contribution in [-0.4, -0.2) is 27.0 Å². The van der Waals surface area contributed by atoms with Gasteiger partial charge in [0, 0.05) is 6.04 Å². The number of amides is 1. The summed E-state index contributed by atoms with van der Waals surface area (Å²) in [6.07, 6.45) is 8.10. The normalized spacial score (nSPS) is 14.8. The van der Waals surface area contributed by atoms with E-state index in [0.717, 1.165) is 36.8 Å². The van der Waals surface area contributed by atoms with Crippen LogP contribution in [0.15, 0.2) is 83.8 Å². The van der Waals surface area contributed by atoms with Crippen molar-refractivity contribution in [2.75, 3.05) is 10.9 Å². The molecule has 0 spiro atoms. The number of nitrogens with zero attached hydrogens (tertiary/aromatic N) is 1. The molecule has 1 amide bonds. The summed E-state index contributed by atoms with van der Waals surface area (Å²) >= 11 is 0. The Morgan fingerprint density at radius 2 is 1.49 bits per heavy atom. The topological polar surface area (TPSA) is 75.7 Å². The van der Waals surface area contributed by atoms with Crippen molar-refractivity contribution in [2.24, 2.45) is 0 Å². The zero-order valence-electron chi connectivity index (χ0n) is 21.4. The fourth-order valence-electron chi connectivity index (χ4n) is 4.63. The third-order valence-corrected chi connectivity index (χ3v) is 8.53. The van der Waals surface area contributed by atoms with Gasteiger partial charge >= 0.3 is 0 Å². The van der Waals surface area contributed by atoms with Gasteiger partial charge in [-0.05, 0) is 61.7 Å². The van der Waals surface area contributed by atoms with Gasteiger partial charge in [0.15, 0.2) is 6.61 Å². The lowest BCUT2D eigenvalue weighted by Gasteiger charge is -2.25. The molecule has 3 aromatic carbocycles. The SMILES string of the molecule is Cc1ccc(S(=O)(=O)N(Cc2ccccc2)c2ccc(OCC(=O)NC3CCCCCCC3)cc2)cc1. The summed E-state index contributed by atoms with van der Waals surface area (Å²) in [4.78, 5) is 12.7. The monoisotopic (exact) mass is 520 g/mol. The van der Waals surface area contributed by atoms with E-state index >= 15 is 0 Å². The minimum absolute atomic E-state index is 0.0642. The quantitative estimate of drug-likeness (QED) is 0.376. The van der Waals surface area contributed by atoms with E-state index in [1.165, 1.54) is 23.6 Å².